The fraction of sp³-hybridized carbons (Fsp3) is 0.200. The van der Waals surface area contributed by atoms with Crippen molar-refractivity contribution in [3.05, 3.63) is 69.5 Å². The third-order valence-electron chi connectivity index (χ3n) is 4.10. The van der Waals surface area contributed by atoms with Gasteiger partial charge in [-0.2, -0.15) is 0 Å². The van der Waals surface area contributed by atoms with Gasteiger partial charge < -0.3 is 14.9 Å². The predicted octanol–water partition coefficient (Wildman–Crippen LogP) is 4.70. The molecule has 2 N–H and O–H groups in total. The number of hydrogen-bond acceptors (Lipinski definition) is 4. The molecule has 1 heterocycles. The number of fused-ring (bicyclic) bond motifs is 1. The van der Waals surface area contributed by atoms with E-state index in [4.69, 9.17) is 26.5 Å². The van der Waals surface area contributed by atoms with Crippen LogP contribution in [-0.2, 0) is 6.54 Å². The van der Waals surface area contributed by atoms with Crippen molar-refractivity contribution < 1.29 is 13.9 Å². The van der Waals surface area contributed by atoms with Gasteiger partial charge in [0, 0.05) is 16.4 Å². The molecule has 0 fully saturated rings. The van der Waals surface area contributed by atoms with Crippen LogP contribution < -0.4 is 21.0 Å². The van der Waals surface area contributed by atoms with Gasteiger partial charge in [0.05, 0.1) is 18.5 Å². The number of urea groups is 1. The number of nitrogens with zero attached hydrogens (tertiary/aromatic N) is 1. The Morgan fingerprint density at radius 1 is 1.18 bits per heavy atom. The van der Waals surface area contributed by atoms with Crippen LogP contribution in [0.3, 0.4) is 0 Å². The van der Waals surface area contributed by atoms with Crippen molar-refractivity contribution in [3.8, 4) is 5.95 Å². The lowest BCUT2D eigenvalue weighted by atomic mass is 10.1. The van der Waals surface area contributed by atoms with Crippen molar-refractivity contribution in [2.75, 3.05) is 16.8 Å². The number of primary amides is 1. The molecule has 0 saturated heterocycles. The van der Waals surface area contributed by atoms with E-state index in [-0.39, 0.29) is 22.9 Å². The summed E-state index contributed by atoms with van der Waals surface area (Å²) in [6.07, 6.45) is 0.740. The van der Waals surface area contributed by atoms with Crippen molar-refractivity contribution in [3.63, 3.8) is 0 Å². The molecule has 0 aliphatic rings. The fourth-order valence-electron chi connectivity index (χ4n) is 2.73. The molecule has 28 heavy (non-hydrogen) atoms. The Balaban J connectivity index is 1.98. The highest BCUT2D eigenvalue weighted by Gasteiger charge is 2.18. The molecule has 2 amide bonds. The molecule has 0 atom stereocenters. The van der Waals surface area contributed by atoms with E-state index in [9.17, 15) is 9.59 Å². The van der Waals surface area contributed by atoms with Gasteiger partial charge in [0.25, 0.3) is 0 Å². The quantitative estimate of drug-likeness (QED) is 0.405. The highest BCUT2D eigenvalue weighted by Crippen LogP contribution is 2.33. The molecule has 0 aliphatic heterocycles. The predicted molar refractivity (Wildman–Crippen MR) is 114 cm³/mol. The standard InChI is InChI=1S/C20H18BrClN2O4/c21-9-4-10-27-19-17(22)15-8-7-14(11-16(15)18(25)28-19)24(20(23)26)12-13-5-2-1-3-6-13/h1-3,5-8,11H,4,9-10,12H2,(H2,23,26). The molecular weight excluding hydrogens is 448 g/mol. The topological polar surface area (TPSA) is 85.8 Å². The van der Waals surface area contributed by atoms with E-state index in [2.05, 4.69) is 15.9 Å². The van der Waals surface area contributed by atoms with Crippen LogP contribution in [0, 0.1) is 0 Å². The summed E-state index contributed by atoms with van der Waals surface area (Å²) in [7, 11) is 0. The Morgan fingerprint density at radius 2 is 1.93 bits per heavy atom. The summed E-state index contributed by atoms with van der Waals surface area (Å²) in [6, 6.07) is 13.7. The van der Waals surface area contributed by atoms with E-state index in [1.54, 1.807) is 18.2 Å². The average molecular weight is 466 g/mol. The fourth-order valence-corrected chi connectivity index (χ4v) is 3.22. The summed E-state index contributed by atoms with van der Waals surface area (Å²) in [5.74, 6) is -0.0103. The van der Waals surface area contributed by atoms with Crippen molar-refractivity contribution in [1.82, 2.24) is 0 Å². The van der Waals surface area contributed by atoms with Gasteiger partial charge in [-0.3, -0.25) is 4.90 Å². The van der Waals surface area contributed by atoms with Gasteiger partial charge in [-0.05, 0) is 24.1 Å². The number of nitrogens with two attached hydrogens (primary N) is 1. The molecule has 8 heteroatoms. The second-order valence-corrected chi connectivity index (χ2v) is 7.19. The van der Waals surface area contributed by atoms with Gasteiger partial charge in [-0.25, -0.2) is 9.59 Å². The number of amides is 2. The van der Waals surface area contributed by atoms with Gasteiger partial charge >= 0.3 is 17.6 Å². The van der Waals surface area contributed by atoms with E-state index in [0.29, 0.717) is 17.7 Å². The van der Waals surface area contributed by atoms with Crippen LogP contribution in [0.1, 0.15) is 12.0 Å². The summed E-state index contributed by atoms with van der Waals surface area (Å²) in [4.78, 5) is 25.8. The van der Waals surface area contributed by atoms with Crippen LogP contribution in [0.15, 0.2) is 57.7 Å². The number of carbonyl (C=O) groups excluding carboxylic acids is 1. The van der Waals surface area contributed by atoms with Crippen LogP contribution in [-0.4, -0.2) is 18.0 Å². The zero-order valence-electron chi connectivity index (χ0n) is 14.9. The van der Waals surface area contributed by atoms with Crippen molar-refractivity contribution in [2.45, 2.75) is 13.0 Å². The van der Waals surface area contributed by atoms with Crippen molar-refractivity contribution >= 4 is 50.0 Å². The number of alkyl halides is 1. The highest BCUT2D eigenvalue weighted by atomic mass is 79.9. The third kappa shape index (κ3) is 4.48. The molecule has 0 unspecified atom stereocenters. The Hall–Kier alpha value is -2.51. The largest absolute Gasteiger partial charge is 0.464 e. The maximum Gasteiger partial charge on any atom is 0.346 e. The molecule has 0 bridgehead atoms. The van der Waals surface area contributed by atoms with Gasteiger partial charge in [0.15, 0.2) is 0 Å². The maximum absolute atomic E-state index is 12.4. The monoisotopic (exact) mass is 464 g/mol. The molecule has 0 spiro atoms. The Kier molecular flexibility index (Phi) is 6.59. The first kappa shape index (κ1) is 20.2. The summed E-state index contributed by atoms with van der Waals surface area (Å²) < 4.78 is 10.7. The molecule has 3 aromatic rings. The Bertz CT molecular complexity index is 1040. The van der Waals surface area contributed by atoms with Gasteiger partial charge in [-0.1, -0.05) is 63.9 Å². The molecule has 2 aromatic carbocycles. The summed E-state index contributed by atoms with van der Waals surface area (Å²) in [5, 5.41) is 1.70. The van der Waals surface area contributed by atoms with Crippen molar-refractivity contribution in [1.29, 1.82) is 0 Å². The lowest BCUT2D eigenvalue weighted by Crippen LogP contribution is -2.35. The van der Waals surface area contributed by atoms with Crippen molar-refractivity contribution in [2.24, 2.45) is 5.73 Å². The van der Waals surface area contributed by atoms with E-state index < -0.39 is 11.7 Å². The number of benzene rings is 2. The number of carbonyl (C=O) groups is 1. The maximum atomic E-state index is 12.4. The molecule has 1 aromatic heterocycles. The highest BCUT2D eigenvalue weighted by molar-refractivity contribution is 9.09. The smallest absolute Gasteiger partial charge is 0.346 e. The van der Waals surface area contributed by atoms with Crippen LogP contribution in [0.5, 0.6) is 5.95 Å². The molecule has 146 valence electrons. The summed E-state index contributed by atoms with van der Waals surface area (Å²) >= 11 is 9.65. The van der Waals surface area contributed by atoms with E-state index in [1.807, 2.05) is 30.3 Å². The normalized spacial score (nSPS) is 10.8. The van der Waals surface area contributed by atoms with E-state index >= 15 is 0 Å². The van der Waals surface area contributed by atoms with Crippen LogP contribution >= 0.6 is 27.5 Å². The zero-order valence-corrected chi connectivity index (χ0v) is 17.2. The molecular formula is C20H18BrClN2O4. The first-order chi connectivity index (χ1) is 13.5. The lowest BCUT2D eigenvalue weighted by Gasteiger charge is -2.21. The minimum absolute atomic E-state index is 0.0103. The second-order valence-electron chi connectivity index (χ2n) is 6.02. The van der Waals surface area contributed by atoms with E-state index in [0.717, 1.165) is 17.3 Å². The van der Waals surface area contributed by atoms with Gasteiger partial charge in [0.2, 0.25) is 0 Å². The number of anilines is 1. The summed E-state index contributed by atoms with van der Waals surface area (Å²) in [5.41, 5.74) is 6.34. The van der Waals surface area contributed by atoms with Crippen LogP contribution in [0.2, 0.25) is 5.02 Å². The Labute approximate surface area is 175 Å². The molecule has 0 aliphatic carbocycles. The van der Waals surface area contributed by atoms with Crippen LogP contribution in [0.4, 0.5) is 10.5 Å². The molecule has 6 nitrogen and oxygen atoms in total. The third-order valence-corrected chi connectivity index (χ3v) is 5.02. The summed E-state index contributed by atoms with van der Waals surface area (Å²) in [6.45, 7) is 0.637. The molecule has 3 rings (SSSR count). The number of hydrogen-bond donors (Lipinski definition) is 1. The number of halogens is 2. The van der Waals surface area contributed by atoms with Gasteiger partial charge in [0.1, 0.15) is 5.02 Å². The zero-order chi connectivity index (χ0) is 20.1. The van der Waals surface area contributed by atoms with Crippen LogP contribution in [0.25, 0.3) is 10.8 Å². The number of ether oxygens (including phenoxy) is 1. The molecule has 0 saturated carbocycles. The molecule has 0 radical (unpaired) electrons. The van der Waals surface area contributed by atoms with Gasteiger partial charge in [-0.15, -0.1) is 0 Å². The minimum atomic E-state index is -0.631. The SMILES string of the molecule is NC(=O)N(Cc1ccccc1)c1ccc2c(Cl)c(OCCCBr)oc(=O)c2c1. The van der Waals surface area contributed by atoms with E-state index in [1.165, 1.54) is 4.90 Å². The minimum Gasteiger partial charge on any atom is -0.464 e. The number of rotatable bonds is 7. The first-order valence-electron chi connectivity index (χ1n) is 8.57. The second kappa shape index (κ2) is 9.12. The first-order valence-corrected chi connectivity index (χ1v) is 10.1. The Morgan fingerprint density at radius 3 is 2.61 bits per heavy atom. The lowest BCUT2D eigenvalue weighted by molar-refractivity contribution is 0.234. The average Bonchev–Trinajstić information content (AvgIpc) is 2.70.